The second kappa shape index (κ2) is 6.46. The predicted molar refractivity (Wildman–Crippen MR) is 61.8 cm³/mol. The van der Waals surface area contributed by atoms with Crippen molar-refractivity contribution in [1.82, 2.24) is 0 Å². The van der Waals surface area contributed by atoms with Gasteiger partial charge in [0.2, 0.25) is 6.10 Å². The highest BCUT2D eigenvalue weighted by Gasteiger charge is 2.59. The van der Waals surface area contributed by atoms with Gasteiger partial charge in [0.15, 0.2) is 5.78 Å². The number of Topliss-reactive ketones (excluding diaryl/α,β-unsaturated/α-hetero) is 1. The maximum Gasteiger partial charge on any atom is 0.423 e. The molecule has 0 aliphatic rings. The van der Waals surface area contributed by atoms with E-state index >= 15 is 0 Å². The summed E-state index contributed by atoms with van der Waals surface area (Å²) in [5, 5.41) is 0. The zero-order valence-corrected chi connectivity index (χ0v) is 10.8. The van der Waals surface area contributed by atoms with Gasteiger partial charge in [-0.2, -0.15) is 26.3 Å². The van der Waals surface area contributed by atoms with Gasteiger partial charge in [-0.25, -0.2) is 0 Å². The predicted octanol–water partition coefficient (Wildman–Crippen LogP) is 4.16. The molecule has 0 aliphatic carbocycles. The van der Waals surface area contributed by atoms with Crippen LogP contribution in [0, 0.1) is 0 Å². The average molecular weight is 314 g/mol. The Morgan fingerprint density at radius 1 is 1.05 bits per heavy atom. The van der Waals surface area contributed by atoms with Crippen LogP contribution in [-0.4, -0.2) is 30.3 Å². The van der Waals surface area contributed by atoms with Crippen molar-refractivity contribution in [2.24, 2.45) is 0 Å². The fourth-order valence-electron chi connectivity index (χ4n) is 1.64. The quantitative estimate of drug-likeness (QED) is 0.602. The number of benzene rings is 1. The largest absolute Gasteiger partial charge is 0.423 e. The molecule has 0 aliphatic heterocycles. The molecule has 0 radical (unpaired) electrons. The van der Waals surface area contributed by atoms with E-state index < -0.39 is 30.3 Å². The van der Waals surface area contributed by atoms with Crippen LogP contribution in [0.2, 0.25) is 0 Å². The molecule has 0 fully saturated rings. The first kappa shape index (κ1) is 17.5. The number of rotatable bonds is 5. The van der Waals surface area contributed by atoms with Gasteiger partial charge in [-0.15, -0.1) is 0 Å². The van der Waals surface area contributed by atoms with Crippen molar-refractivity contribution in [3.63, 3.8) is 0 Å². The van der Waals surface area contributed by atoms with Gasteiger partial charge in [0, 0.05) is 5.56 Å². The summed E-state index contributed by atoms with van der Waals surface area (Å²) in [4.78, 5) is 11.9. The van der Waals surface area contributed by atoms with Crippen LogP contribution in [0.15, 0.2) is 30.3 Å². The molecule has 1 unspecified atom stereocenters. The average Bonchev–Trinajstić information content (AvgIpc) is 2.37. The number of hydrogen-bond donors (Lipinski definition) is 0. The van der Waals surface area contributed by atoms with Gasteiger partial charge in [-0.05, 0) is 6.42 Å². The molecule has 0 N–H and O–H groups in total. The van der Waals surface area contributed by atoms with Gasteiger partial charge >= 0.3 is 12.4 Å². The van der Waals surface area contributed by atoms with Crippen LogP contribution in [0.3, 0.4) is 0 Å². The van der Waals surface area contributed by atoms with Crippen LogP contribution in [0.1, 0.15) is 23.7 Å². The van der Waals surface area contributed by atoms with E-state index in [9.17, 15) is 31.1 Å². The zero-order chi connectivity index (χ0) is 16.3. The van der Waals surface area contributed by atoms with Gasteiger partial charge in [-0.1, -0.05) is 37.3 Å². The maximum absolute atomic E-state index is 12.4. The Morgan fingerprint density at radius 3 is 1.90 bits per heavy atom. The highest BCUT2D eigenvalue weighted by Crippen LogP contribution is 2.37. The van der Waals surface area contributed by atoms with E-state index in [1.807, 2.05) is 0 Å². The lowest BCUT2D eigenvalue weighted by Gasteiger charge is -2.27. The van der Waals surface area contributed by atoms with Gasteiger partial charge in [-0.3, -0.25) is 4.79 Å². The minimum atomic E-state index is -5.64. The molecule has 0 spiro atoms. The van der Waals surface area contributed by atoms with Crippen LogP contribution in [0.4, 0.5) is 26.3 Å². The Labute approximate surface area is 116 Å². The molecule has 2 nitrogen and oxygen atoms in total. The molecule has 0 aromatic heterocycles. The number of halogens is 6. The first-order chi connectivity index (χ1) is 9.57. The number of ketones is 1. The van der Waals surface area contributed by atoms with Crippen molar-refractivity contribution in [1.29, 1.82) is 0 Å². The molecule has 1 rings (SSSR count). The lowest BCUT2D eigenvalue weighted by Crippen LogP contribution is -2.47. The third-order valence-electron chi connectivity index (χ3n) is 2.62. The van der Waals surface area contributed by atoms with Crippen molar-refractivity contribution >= 4 is 5.78 Å². The van der Waals surface area contributed by atoms with Crippen molar-refractivity contribution in [3.8, 4) is 0 Å². The van der Waals surface area contributed by atoms with Crippen LogP contribution in [0.5, 0.6) is 0 Å². The summed E-state index contributed by atoms with van der Waals surface area (Å²) >= 11 is 0. The number of ether oxygens (including phenoxy) is 1. The Bertz CT molecular complexity index is 452. The maximum atomic E-state index is 12.4. The molecule has 1 aromatic carbocycles. The summed E-state index contributed by atoms with van der Waals surface area (Å²) in [6.45, 7) is 1.27. The Morgan fingerprint density at radius 2 is 1.52 bits per heavy atom. The molecule has 21 heavy (non-hydrogen) atoms. The standard InChI is InChI=1S/C13H12F6O2/c1-2-9(10(20)8-6-4-3-5-7-8)21-11(12(14,15)16)13(17,18)19/h3-7,9,11H,2H2,1H3. The lowest BCUT2D eigenvalue weighted by molar-refractivity contribution is -0.327. The summed E-state index contributed by atoms with van der Waals surface area (Å²) < 4.78 is 78.6. The number of alkyl halides is 6. The van der Waals surface area contributed by atoms with Crippen molar-refractivity contribution in [2.45, 2.75) is 37.9 Å². The lowest BCUT2D eigenvalue weighted by atomic mass is 10.0. The van der Waals surface area contributed by atoms with Gasteiger partial charge in [0.05, 0.1) is 0 Å². The van der Waals surface area contributed by atoms with Crippen molar-refractivity contribution in [3.05, 3.63) is 35.9 Å². The first-order valence-corrected chi connectivity index (χ1v) is 5.95. The molecule has 0 saturated carbocycles. The molecular formula is C13H12F6O2. The topological polar surface area (TPSA) is 26.3 Å². The van der Waals surface area contributed by atoms with E-state index in [-0.39, 0.29) is 12.0 Å². The molecule has 0 heterocycles. The summed E-state index contributed by atoms with van der Waals surface area (Å²) in [7, 11) is 0. The van der Waals surface area contributed by atoms with Crippen molar-refractivity contribution in [2.75, 3.05) is 0 Å². The Hall–Kier alpha value is -1.57. The highest BCUT2D eigenvalue weighted by atomic mass is 19.4. The molecular weight excluding hydrogens is 302 g/mol. The fourth-order valence-corrected chi connectivity index (χ4v) is 1.64. The van der Waals surface area contributed by atoms with Crippen LogP contribution < -0.4 is 0 Å². The first-order valence-electron chi connectivity index (χ1n) is 5.95. The smallest absolute Gasteiger partial charge is 0.349 e. The number of hydrogen-bond acceptors (Lipinski definition) is 2. The van der Waals surface area contributed by atoms with Gasteiger partial charge in [0.25, 0.3) is 0 Å². The third kappa shape index (κ3) is 4.73. The van der Waals surface area contributed by atoms with Crippen LogP contribution >= 0.6 is 0 Å². The second-order valence-corrected chi connectivity index (χ2v) is 4.23. The van der Waals surface area contributed by atoms with E-state index in [4.69, 9.17) is 0 Å². The zero-order valence-electron chi connectivity index (χ0n) is 10.8. The van der Waals surface area contributed by atoms with E-state index in [2.05, 4.69) is 4.74 Å². The van der Waals surface area contributed by atoms with E-state index in [0.717, 1.165) is 0 Å². The van der Waals surface area contributed by atoms with Crippen molar-refractivity contribution < 1.29 is 35.9 Å². The van der Waals surface area contributed by atoms with E-state index in [0.29, 0.717) is 0 Å². The Kier molecular flexibility index (Phi) is 5.38. The van der Waals surface area contributed by atoms with Gasteiger partial charge in [0.1, 0.15) is 6.10 Å². The fraction of sp³-hybridized carbons (Fsp3) is 0.462. The third-order valence-corrected chi connectivity index (χ3v) is 2.62. The van der Waals surface area contributed by atoms with E-state index in [1.165, 1.54) is 31.2 Å². The molecule has 0 amide bonds. The number of carbonyl (C=O) groups excluding carboxylic acids is 1. The minimum absolute atomic E-state index is 0.00699. The van der Waals surface area contributed by atoms with Crippen LogP contribution in [-0.2, 0) is 4.74 Å². The Balaban J connectivity index is 2.97. The van der Waals surface area contributed by atoms with Crippen LogP contribution in [0.25, 0.3) is 0 Å². The summed E-state index contributed by atoms with van der Waals surface area (Å²) in [5.74, 6) is -0.920. The summed E-state index contributed by atoms with van der Waals surface area (Å²) in [6.07, 6.45) is -17.4. The number of carbonyl (C=O) groups is 1. The summed E-state index contributed by atoms with van der Waals surface area (Å²) in [6, 6.07) is 7.05. The molecule has 1 atom stereocenters. The van der Waals surface area contributed by atoms with Gasteiger partial charge < -0.3 is 4.74 Å². The normalized spacial score (nSPS) is 14.3. The highest BCUT2D eigenvalue weighted by molar-refractivity contribution is 5.99. The molecule has 0 bridgehead atoms. The molecule has 8 heteroatoms. The summed E-state index contributed by atoms with van der Waals surface area (Å²) in [5.41, 5.74) is -0.00699. The molecule has 1 aromatic rings. The second-order valence-electron chi connectivity index (χ2n) is 4.23. The molecule has 118 valence electrons. The van der Waals surface area contributed by atoms with E-state index in [1.54, 1.807) is 6.07 Å². The SMILES string of the molecule is CCC(OC(C(F)(F)F)C(F)(F)F)C(=O)c1ccccc1. The minimum Gasteiger partial charge on any atom is -0.349 e. The monoisotopic (exact) mass is 314 g/mol. The molecule has 0 saturated heterocycles.